The van der Waals surface area contributed by atoms with Gasteiger partial charge in [-0.3, -0.25) is 0 Å². The molecule has 1 aromatic rings. The second-order valence-corrected chi connectivity index (χ2v) is 6.16. The lowest BCUT2D eigenvalue weighted by Gasteiger charge is -2.39. The summed E-state index contributed by atoms with van der Waals surface area (Å²) < 4.78 is 0. The highest BCUT2D eigenvalue weighted by Crippen LogP contribution is 2.35. The molecule has 4 nitrogen and oxygen atoms in total. The molecule has 1 saturated heterocycles. The first kappa shape index (κ1) is 13.3. The van der Waals surface area contributed by atoms with E-state index in [1.54, 1.807) is 12.5 Å². The molecule has 0 bridgehead atoms. The van der Waals surface area contributed by atoms with E-state index in [9.17, 15) is 5.11 Å². The van der Waals surface area contributed by atoms with E-state index in [0.717, 1.165) is 30.4 Å². The molecule has 0 radical (unpaired) electrons. The van der Waals surface area contributed by atoms with Gasteiger partial charge >= 0.3 is 0 Å². The first-order chi connectivity index (χ1) is 8.52. The SMILES string of the molecule is CC(C)(C)C1CCN(c2ncncc2CO)CC1. The third-order valence-corrected chi connectivity index (χ3v) is 3.95. The second kappa shape index (κ2) is 5.22. The van der Waals surface area contributed by atoms with E-state index in [1.807, 2.05) is 0 Å². The second-order valence-electron chi connectivity index (χ2n) is 6.16. The molecule has 0 aromatic carbocycles. The Hall–Kier alpha value is -1.16. The number of anilines is 1. The summed E-state index contributed by atoms with van der Waals surface area (Å²) in [5.74, 6) is 1.67. The summed E-state index contributed by atoms with van der Waals surface area (Å²) in [6, 6.07) is 0. The van der Waals surface area contributed by atoms with Crippen molar-refractivity contribution in [3.05, 3.63) is 18.1 Å². The zero-order valence-electron chi connectivity index (χ0n) is 11.6. The van der Waals surface area contributed by atoms with Crippen molar-refractivity contribution in [1.29, 1.82) is 0 Å². The monoisotopic (exact) mass is 249 g/mol. The Morgan fingerprint density at radius 3 is 2.56 bits per heavy atom. The number of aliphatic hydroxyl groups is 1. The van der Waals surface area contributed by atoms with Crippen molar-refractivity contribution in [3.8, 4) is 0 Å². The number of piperidine rings is 1. The number of hydrogen-bond donors (Lipinski definition) is 1. The third kappa shape index (κ3) is 2.80. The van der Waals surface area contributed by atoms with Gasteiger partial charge in [-0.1, -0.05) is 20.8 Å². The highest BCUT2D eigenvalue weighted by molar-refractivity contribution is 5.45. The summed E-state index contributed by atoms with van der Waals surface area (Å²) in [6.07, 6.45) is 5.65. The maximum absolute atomic E-state index is 9.32. The minimum Gasteiger partial charge on any atom is -0.391 e. The zero-order valence-corrected chi connectivity index (χ0v) is 11.6. The number of aliphatic hydroxyl groups excluding tert-OH is 1. The normalized spacial score (nSPS) is 18.1. The maximum atomic E-state index is 9.32. The van der Waals surface area contributed by atoms with Crippen molar-refractivity contribution >= 4 is 5.82 Å². The molecule has 0 saturated carbocycles. The van der Waals surface area contributed by atoms with Gasteiger partial charge in [-0.25, -0.2) is 9.97 Å². The molecule has 1 fully saturated rings. The zero-order chi connectivity index (χ0) is 13.2. The third-order valence-electron chi connectivity index (χ3n) is 3.95. The Bertz CT molecular complexity index is 392. The van der Waals surface area contributed by atoms with E-state index in [4.69, 9.17) is 0 Å². The van der Waals surface area contributed by atoms with Crippen LogP contribution in [0.25, 0.3) is 0 Å². The fourth-order valence-electron chi connectivity index (χ4n) is 2.71. The van der Waals surface area contributed by atoms with Crippen molar-refractivity contribution < 1.29 is 5.11 Å². The molecule has 0 spiro atoms. The van der Waals surface area contributed by atoms with E-state index in [2.05, 4.69) is 35.6 Å². The molecule has 2 heterocycles. The fraction of sp³-hybridized carbons (Fsp3) is 0.714. The van der Waals surface area contributed by atoms with Gasteiger partial charge in [-0.05, 0) is 24.2 Å². The Morgan fingerprint density at radius 1 is 1.33 bits per heavy atom. The summed E-state index contributed by atoms with van der Waals surface area (Å²) in [6.45, 7) is 9.00. The summed E-state index contributed by atoms with van der Waals surface area (Å²) >= 11 is 0. The standard InChI is InChI=1S/C14H23N3O/c1-14(2,3)12-4-6-17(7-5-12)13-11(9-18)8-15-10-16-13/h8,10,12,18H,4-7,9H2,1-3H3. The van der Waals surface area contributed by atoms with Gasteiger partial charge in [-0.2, -0.15) is 0 Å². The van der Waals surface area contributed by atoms with E-state index in [0.29, 0.717) is 5.41 Å². The molecule has 1 aliphatic heterocycles. The summed E-state index contributed by atoms with van der Waals surface area (Å²) in [4.78, 5) is 10.6. The smallest absolute Gasteiger partial charge is 0.137 e. The first-order valence-corrected chi connectivity index (χ1v) is 6.67. The lowest BCUT2D eigenvalue weighted by atomic mass is 9.75. The van der Waals surface area contributed by atoms with Crippen LogP contribution in [0.2, 0.25) is 0 Å². The van der Waals surface area contributed by atoms with Gasteiger partial charge in [0.25, 0.3) is 0 Å². The van der Waals surface area contributed by atoms with Gasteiger partial charge in [0.1, 0.15) is 12.1 Å². The Kier molecular flexibility index (Phi) is 3.85. The number of aromatic nitrogens is 2. The maximum Gasteiger partial charge on any atom is 0.137 e. The van der Waals surface area contributed by atoms with Gasteiger partial charge in [0, 0.05) is 24.8 Å². The lowest BCUT2D eigenvalue weighted by Crippen LogP contribution is -2.38. The first-order valence-electron chi connectivity index (χ1n) is 6.67. The van der Waals surface area contributed by atoms with E-state index in [-0.39, 0.29) is 6.61 Å². The predicted octanol–water partition coefficient (Wildman–Crippen LogP) is 2.23. The Morgan fingerprint density at radius 2 is 2.00 bits per heavy atom. The molecule has 1 N–H and O–H groups in total. The van der Waals surface area contributed by atoms with Crippen LogP contribution in [0.4, 0.5) is 5.82 Å². The van der Waals surface area contributed by atoms with Crippen LogP contribution >= 0.6 is 0 Å². The van der Waals surface area contributed by atoms with Crippen molar-refractivity contribution in [2.75, 3.05) is 18.0 Å². The van der Waals surface area contributed by atoms with E-state index < -0.39 is 0 Å². The van der Waals surface area contributed by atoms with Gasteiger partial charge in [-0.15, -0.1) is 0 Å². The quantitative estimate of drug-likeness (QED) is 0.873. The van der Waals surface area contributed by atoms with Crippen LogP contribution in [0.1, 0.15) is 39.2 Å². The molecule has 100 valence electrons. The van der Waals surface area contributed by atoms with Gasteiger partial charge in [0.05, 0.1) is 6.61 Å². The van der Waals surface area contributed by atoms with Crippen LogP contribution < -0.4 is 4.90 Å². The van der Waals surface area contributed by atoms with Gasteiger partial charge < -0.3 is 10.0 Å². The van der Waals surface area contributed by atoms with Crippen LogP contribution in [0.15, 0.2) is 12.5 Å². The Labute approximate surface area is 109 Å². The summed E-state index contributed by atoms with van der Waals surface area (Å²) in [7, 11) is 0. The average molecular weight is 249 g/mol. The van der Waals surface area contributed by atoms with Crippen LogP contribution in [0.5, 0.6) is 0 Å². The van der Waals surface area contributed by atoms with E-state index in [1.165, 1.54) is 12.8 Å². The number of nitrogens with zero attached hydrogens (tertiary/aromatic N) is 3. The highest BCUT2D eigenvalue weighted by Gasteiger charge is 2.29. The van der Waals surface area contributed by atoms with Crippen molar-refractivity contribution in [2.24, 2.45) is 11.3 Å². The number of rotatable bonds is 2. The van der Waals surface area contributed by atoms with Crippen LogP contribution in [-0.4, -0.2) is 28.2 Å². The van der Waals surface area contributed by atoms with Gasteiger partial charge in [0.15, 0.2) is 0 Å². The molecule has 0 atom stereocenters. The van der Waals surface area contributed by atoms with Crippen molar-refractivity contribution in [3.63, 3.8) is 0 Å². The van der Waals surface area contributed by atoms with Crippen LogP contribution in [0, 0.1) is 11.3 Å². The molecule has 1 aromatic heterocycles. The fourth-order valence-corrected chi connectivity index (χ4v) is 2.71. The molecule has 2 rings (SSSR count). The van der Waals surface area contributed by atoms with Crippen LogP contribution in [0.3, 0.4) is 0 Å². The molecule has 0 amide bonds. The van der Waals surface area contributed by atoms with Crippen molar-refractivity contribution in [1.82, 2.24) is 9.97 Å². The summed E-state index contributed by atoms with van der Waals surface area (Å²) in [5, 5.41) is 9.32. The predicted molar refractivity (Wildman–Crippen MR) is 72.3 cm³/mol. The molecular formula is C14H23N3O. The topological polar surface area (TPSA) is 49.2 Å². The van der Waals surface area contributed by atoms with Gasteiger partial charge in [0.2, 0.25) is 0 Å². The molecule has 4 heteroatoms. The largest absolute Gasteiger partial charge is 0.391 e. The molecule has 18 heavy (non-hydrogen) atoms. The molecule has 0 unspecified atom stereocenters. The van der Waals surface area contributed by atoms with Crippen molar-refractivity contribution in [2.45, 2.75) is 40.2 Å². The lowest BCUT2D eigenvalue weighted by molar-refractivity contribution is 0.198. The number of hydrogen-bond acceptors (Lipinski definition) is 4. The molecule has 0 aliphatic carbocycles. The Balaban J connectivity index is 2.06. The highest BCUT2D eigenvalue weighted by atomic mass is 16.3. The molecule has 1 aliphatic rings. The average Bonchev–Trinajstić information content (AvgIpc) is 2.38. The van der Waals surface area contributed by atoms with Crippen LogP contribution in [-0.2, 0) is 6.61 Å². The minimum atomic E-state index is 0.00930. The summed E-state index contributed by atoms with van der Waals surface area (Å²) in [5.41, 5.74) is 1.21. The molecular weight excluding hydrogens is 226 g/mol. The van der Waals surface area contributed by atoms with E-state index >= 15 is 0 Å². The minimum absolute atomic E-state index is 0.00930.